The summed E-state index contributed by atoms with van der Waals surface area (Å²) in [5.41, 5.74) is 11.3. The molecule has 0 unspecified atom stereocenters. The number of hydrogen-bond donors (Lipinski definition) is 2. The van der Waals surface area contributed by atoms with E-state index in [1.54, 1.807) is 12.1 Å². The molecule has 4 nitrogen and oxygen atoms in total. The van der Waals surface area contributed by atoms with Crippen LogP contribution in [0, 0.1) is 17.7 Å². The highest BCUT2D eigenvalue weighted by Crippen LogP contribution is 2.44. The van der Waals surface area contributed by atoms with Gasteiger partial charge in [0.25, 0.3) is 0 Å². The fraction of sp³-hybridized carbons (Fsp3) is 0.160. The number of nitrogens with two attached hydrogens (primary N) is 1. The fourth-order valence-corrected chi connectivity index (χ4v) is 3.70. The van der Waals surface area contributed by atoms with Crippen LogP contribution >= 0.6 is 0 Å². The van der Waals surface area contributed by atoms with Crippen LogP contribution in [0.25, 0.3) is 11.1 Å². The molecule has 1 amide bonds. The van der Waals surface area contributed by atoms with E-state index < -0.39 is 11.9 Å². The summed E-state index contributed by atoms with van der Waals surface area (Å²) < 4.78 is 19.2. The third-order valence-corrected chi connectivity index (χ3v) is 5.15. The van der Waals surface area contributed by atoms with Crippen molar-refractivity contribution in [1.29, 1.82) is 0 Å². The van der Waals surface area contributed by atoms with Crippen molar-refractivity contribution in [3.05, 3.63) is 94.8 Å². The third kappa shape index (κ3) is 4.05. The summed E-state index contributed by atoms with van der Waals surface area (Å²) in [5, 5.41) is 2.59. The summed E-state index contributed by atoms with van der Waals surface area (Å²) in [7, 11) is 0. The Balaban J connectivity index is 1.35. The van der Waals surface area contributed by atoms with Gasteiger partial charge in [-0.25, -0.2) is 9.18 Å². The van der Waals surface area contributed by atoms with Crippen molar-refractivity contribution in [1.82, 2.24) is 5.32 Å². The van der Waals surface area contributed by atoms with Crippen molar-refractivity contribution >= 4 is 6.09 Å². The van der Waals surface area contributed by atoms with E-state index in [9.17, 15) is 9.18 Å². The first-order valence-corrected chi connectivity index (χ1v) is 9.73. The molecule has 0 saturated heterocycles. The molecule has 5 heteroatoms. The van der Waals surface area contributed by atoms with Gasteiger partial charge in [0.2, 0.25) is 0 Å². The number of amides is 1. The quantitative estimate of drug-likeness (QED) is 0.646. The van der Waals surface area contributed by atoms with Gasteiger partial charge >= 0.3 is 6.09 Å². The van der Waals surface area contributed by atoms with Crippen molar-refractivity contribution in [2.24, 2.45) is 5.73 Å². The van der Waals surface area contributed by atoms with Gasteiger partial charge in [-0.05, 0) is 39.9 Å². The number of alkyl carbamates (subject to hydrolysis) is 1. The third-order valence-electron chi connectivity index (χ3n) is 5.15. The number of nitrogens with one attached hydrogen (secondary N) is 1. The van der Waals surface area contributed by atoms with Crippen LogP contribution in [0.4, 0.5) is 9.18 Å². The summed E-state index contributed by atoms with van der Waals surface area (Å²) in [6, 6.07) is 20.9. The Bertz CT molecular complexity index is 1100. The van der Waals surface area contributed by atoms with E-state index in [0.717, 1.165) is 16.7 Å². The van der Waals surface area contributed by atoms with Crippen LogP contribution in [-0.2, 0) is 11.3 Å². The second-order valence-corrected chi connectivity index (χ2v) is 7.00. The molecule has 0 heterocycles. The zero-order valence-electron chi connectivity index (χ0n) is 16.3. The second kappa shape index (κ2) is 8.81. The van der Waals surface area contributed by atoms with E-state index in [1.165, 1.54) is 17.2 Å². The molecule has 0 saturated carbocycles. The van der Waals surface area contributed by atoms with Crippen LogP contribution in [0.2, 0.25) is 0 Å². The molecular formula is C25H21FN2O2. The van der Waals surface area contributed by atoms with Crippen molar-refractivity contribution < 1.29 is 13.9 Å². The lowest BCUT2D eigenvalue weighted by Crippen LogP contribution is -2.26. The number of hydrogen-bond acceptors (Lipinski definition) is 3. The Hall–Kier alpha value is -3.62. The maximum absolute atomic E-state index is 13.8. The molecule has 150 valence electrons. The highest BCUT2D eigenvalue weighted by Gasteiger charge is 2.28. The van der Waals surface area contributed by atoms with E-state index in [4.69, 9.17) is 10.5 Å². The maximum atomic E-state index is 13.8. The van der Waals surface area contributed by atoms with E-state index in [1.807, 2.05) is 24.3 Å². The molecule has 3 N–H and O–H groups in total. The van der Waals surface area contributed by atoms with Crippen molar-refractivity contribution in [3.63, 3.8) is 0 Å². The predicted molar refractivity (Wildman–Crippen MR) is 114 cm³/mol. The molecule has 0 aromatic heterocycles. The Morgan fingerprint density at radius 2 is 1.70 bits per heavy atom. The summed E-state index contributed by atoms with van der Waals surface area (Å²) in [4.78, 5) is 12.1. The zero-order chi connectivity index (χ0) is 20.9. The molecule has 1 aliphatic rings. The lowest BCUT2D eigenvalue weighted by Gasteiger charge is -2.14. The first kappa shape index (κ1) is 19.7. The maximum Gasteiger partial charge on any atom is 0.407 e. The smallest absolute Gasteiger partial charge is 0.407 e. The van der Waals surface area contributed by atoms with Crippen molar-refractivity contribution in [2.45, 2.75) is 12.5 Å². The molecule has 30 heavy (non-hydrogen) atoms. The molecule has 0 bridgehead atoms. The standard InChI is InChI=1S/C25H21FN2O2/c26-24-12-11-17(15-27)14-18(24)6-5-13-28-25(29)30-16-23-21-9-3-1-7-19(21)20-8-2-4-10-22(20)23/h1-4,7-12,14,23H,13,15-16,27H2,(H,28,29). The molecule has 1 aliphatic carbocycles. The predicted octanol–water partition coefficient (Wildman–Crippen LogP) is 4.17. The van der Waals surface area contributed by atoms with Gasteiger partial charge in [0, 0.05) is 12.5 Å². The molecule has 4 rings (SSSR count). The van der Waals surface area contributed by atoms with Gasteiger partial charge < -0.3 is 15.8 Å². The van der Waals surface area contributed by atoms with E-state index in [-0.39, 0.29) is 24.6 Å². The van der Waals surface area contributed by atoms with Crippen LogP contribution < -0.4 is 11.1 Å². The molecule has 0 atom stereocenters. The van der Waals surface area contributed by atoms with Gasteiger partial charge in [0.05, 0.1) is 12.1 Å². The highest BCUT2D eigenvalue weighted by atomic mass is 19.1. The largest absolute Gasteiger partial charge is 0.449 e. The van der Waals surface area contributed by atoms with Crippen LogP contribution in [0.1, 0.15) is 28.2 Å². The molecular weight excluding hydrogens is 379 g/mol. The number of carbonyl (C=O) groups excluding carboxylic acids is 1. The highest BCUT2D eigenvalue weighted by molar-refractivity contribution is 5.79. The second-order valence-electron chi connectivity index (χ2n) is 7.00. The minimum Gasteiger partial charge on any atom is -0.449 e. The summed E-state index contributed by atoms with van der Waals surface area (Å²) in [5.74, 6) is 5.04. The summed E-state index contributed by atoms with van der Waals surface area (Å²) >= 11 is 0. The molecule has 3 aromatic carbocycles. The number of ether oxygens (including phenoxy) is 1. The average Bonchev–Trinajstić information content (AvgIpc) is 3.10. The molecule has 0 fully saturated rings. The molecule has 0 radical (unpaired) electrons. The van der Waals surface area contributed by atoms with Crippen LogP contribution in [0.5, 0.6) is 0 Å². The summed E-state index contributed by atoms with van der Waals surface area (Å²) in [6.07, 6.45) is -0.553. The number of carbonyl (C=O) groups is 1. The van der Waals surface area contributed by atoms with E-state index in [2.05, 4.69) is 41.4 Å². The van der Waals surface area contributed by atoms with Crippen molar-refractivity contribution in [2.75, 3.05) is 13.2 Å². The first-order valence-electron chi connectivity index (χ1n) is 9.73. The summed E-state index contributed by atoms with van der Waals surface area (Å²) in [6.45, 7) is 0.608. The molecule has 3 aromatic rings. The average molecular weight is 400 g/mol. The van der Waals surface area contributed by atoms with Gasteiger partial charge in [-0.15, -0.1) is 0 Å². The van der Waals surface area contributed by atoms with Crippen molar-refractivity contribution in [3.8, 4) is 23.0 Å². The van der Waals surface area contributed by atoms with Gasteiger partial charge in [-0.2, -0.15) is 0 Å². The Labute approximate surface area is 174 Å². The topological polar surface area (TPSA) is 64.3 Å². The van der Waals surface area contributed by atoms with Crippen LogP contribution in [-0.4, -0.2) is 19.2 Å². The number of benzene rings is 3. The van der Waals surface area contributed by atoms with Crippen LogP contribution in [0.3, 0.4) is 0 Å². The zero-order valence-corrected chi connectivity index (χ0v) is 16.3. The van der Waals surface area contributed by atoms with Gasteiger partial charge in [-0.3, -0.25) is 0 Å². The normalized spacial score (nSPS) is 11.8. The minimum atomic E-state index is -0.553. The Morgan fingerprint density at radius 3 is 2.37 bits per heavy atom. The minimum absolute atomic E-state index is 0.00216. The van der Waals surface area contributed by atoms with Crippen LogP contribution in [0.15, 0.2) is 66.7 Å². The van der Waals surface area contributed by atoms with Gasteiger partial charge in [-0.1, -0.05) is 66.4 Å². The number of fused-ring (bicyclic) bond motifs is 3. The lowest BCUT2D eigenvalue weighted by molar-refractivity contribution is 0.144. The molecule has 0 aliphatic heterocycles. The van der Waals surface area contributed by atoms with E-state index in [0.29, 0.717) is 6.54 Å². The van der Waals surface area contributed by atoms with Gasteiger partial charge in [0.1, 0.15) is 12.4 Å². The first-order chi connectivity index (χ1) is 14.7. The fourth-order valence-electron chi connectivity index (χ4n) is 3.70. The number of rotatable bonds is 4. The lowest BCUT2D eigenvalue weighted by atomic mass is 9.98. The Kier molecular flexibility index (Phi) is 5.78. The van der Waals surface area contributed by atoms with Gasteiger partial charge in [0.15, 0.2) is 0 Å². The monoisotopic (exact) mass is 400 g/mol. The van der Waals surface area contributed by atoms with E-state index >= 15 is 0 Å². The number of halogens is 1. The SMILES string of the molecule is NCc1ccc(F)c(C#CCNC(=O)OCC2c3ccccc3-c3ccccc32)c1. The molecule has 0 spiro atoms. The Morgan fingerprint density at radius 1 is 1.03 bits per heavy atom.